The third-order valence-electron chi connectivity index (χ3n) is 6.52. The number of aryl methyl sites for hydroxylation is 2. The van der Waals surface area contributed by atoms with Crippen LogP contribution in [0.15, 0.2) is 97.1 Å². The van der Waals surface area contributed by atoms with Crippen molar-refractivity contribution in [3.05, 3.63) is 119 Å². The molecule has 5 heteroatoms. The van der Waals surface area contributed by atoms with Crippen LogP contribution >= 0.6 is 0 Å². The Balaban J connectivity index is 1.23. The fraction of sp³-hybridized carbons (Fsp3) is 0.161. The van der Waals surface area contributed by atoms with Gasteiger partial charge >= 0.3 is 6.09 Å². The summed E-state index contributed by atoms with van der Waals surface area (Å²) in [7, 11) is 0. The number of hydrogen-bond donors (Lipinski definition) is 2. The third-order valence-corrected chi connectivity index (χ3v) is 6.52. The molecule has 0 bridgehead atoms. The van der Waals surface area contributed by atoms with Crippen LogP contribution in [0.4, 0.5) is 16.2 Å². The lowest BCUT2D eigenvalue weighted by atomic mass is 9.98. The number of rotatable bonds is 7. The minimum Gasteiger partial charge on any atom is -0.448 e. The Morgan fingerprint density at radius 1 is 0.778 bits per heavy atom. The minimum absolute atomic E-state index is 0.00168. The van der Waals surface area contributed by atoms with Gasteiger partial charge in [-0.25, -0.2) is 4.79 Å². The van der Waals surface area contributed by atoms with Gasteiger partial charge in [0, 0.05) is 23.7 Å². The number of anilines is 2. The molecule has 5 nitrogen and oxygen atoms in total. The second-order valence-electron chi connectivity index (χ2n) is 9.03. The molecule has 0 aliphatic heterocycles. The van der Waals surface area contributed by atoms with Crippen LogP contribution < -0.4 is 10.6 Å². The van der Waals surface area contributed by atoms with Gasteiger partial charge in [0.25, 0.3) is 0 Å². The molecule has 0 aromatic heterocycles. The molecule has 4 aromatic rings. The Kier molecular flexibility index (Phi) is 6.80. The summed E-state index contributed by atoms with van der Waals surface area (Å²) < 4.78 is 5.71. The van der Waals surface area contributed by atoms with E-state index in [4.69, 9.17) is 4.74 Å². The highest BCUT2D eigenvalue weighted by Crippen LogP contribution is 2.44. The fourth-order valence-electron chi connectivity index (χ4n) is 4.76. The zero-order valence-electron chi connectivity index (χ0n) is 20.2. The maximum Gasteiger partial charge on any atom is 0.411 e. The van der Waals surface area contributed by atoms with Gasteiger partial charge in [-0.2, -0.15) is 0 Å². The van der Waals surface area contributed by atoms with Gasteiger partial charge in [0.2, 0.25) is 5.91 Å². The number of benzene rings is 4. The maximum atomic E-state index is 12.8. The predicted octanol–water partition coefficient (Wildman–Crippen LogP) is 6.93. The number of para-hydroxylation sites is 1. The van der Waals surface area contributed by atoms with Crippen molar-refractivity contribution in [3.8, 4) is 11.1 Å². The summed E-state index contributed by atoms with van der Waals surface area (Å²) in [6.45, 7) is 2.22. The third kappa shape index (κ3) is 5.15. The van der Waals surface area contributed by atoms with Crippen molar-refractivity contribution in [2.75, 3.05) is 17.2 Å². The van der Waals surface area contributed by atoms with Crippen LogP contribution in [0.3, 0.4) is 0 Å². The summed E-state index contributed by atoms with van der Waals surface area (Å²) in [6.07, 6.45) is 0.298. The summed E-state index contributed by atoms with van der Waals surface area (Å²) in [4.78, 5) is 25.2. The summed E-state index contributed by atoms with van der Waals surface area (Å²) in [5, 5.41) is 5.80. The van der Waals surface area contributed by atoms with Crippen LogP contribution in [-0.2, 0) is 16.0 Å². The number of ether oxygens (including phenoxy) is 1. The molecular formula is C31H28N2O3. The first kappa shape index (κ1) is 23.4. The minimum atomic E-state index is -0.502. The molecule has 0 heterocycles. The largest absolute Gasteiger partial charge is 0.448 e. The molecule has 0 saturated heterocycles. The van der Waals surface area contributed by atoms with Crippen molar-refractivity contribution in [3.63, 3.8) is 0 Å². The molecule has 0 fully saturated rings. The summed E-state index contributed by atoms with van der Waals surface area (Å²) >= 11 is 0. The Labute approximate surface area is 211 Å². The lowest BCUT2D eigenvalue weighted by Gasteiger charge is -2.16. The highest BCUT2D eigenvalue weighted by atomic mass is 16.5. The van der Waals surface area contributed by atoms with E-state index in [2.05, 4.69) is 34.9 Å². The first-order valence-corrected chi connectivity index (χ1v) is 12.1. The number of fused-ring (bicyclic) bond motifs is 3. The molecule has 180 valence electrons. The van der Waals surface area contributed by atoms with E-state index in [1.165, 1.54) is 22.3 Å². The van der Waals surface area contributed by atoms with Gasteiger partial charge in [-0.15, -0.1) is 0 Å². The Bertz CT molecular complexity index is 1350. The van der Waals surface area contributed by atoms with Crippen LogP contribution in [-0.4, -0.2) is 18.6 Å². The highest BCUT2D eigenvalue weighted by Gasteiger charge is 2.29. The maximum absolute atomic E-state index is 12.8. The lowest BCUT2D eigenvalue weighted by molar-refractivity contribution is -0.116. The number of amides is 2. The average molecular weight is 477 g/mol. The number of carbonyl (C=O) groups excluding carboxylic acids is 2. The number of hydrogen-bond acceptors (Lipinski definition) is 3. The standard InChI is InChI=1S/C31H28N2O3/c1-21-15-16-22(17-18-30(34)32-23-9-3-2-4-10-23)29(19-21)33-31(35)36-20-28-26-13-7-5-11-24(26)25-12-6-8-14-27(25)28/h2-16,19,28H,17-18,20H2,1H3,(H,32,34)(H,33,35). The van der Waals surface area contributed by atoms with E-state index in [0.717, 1.165) is 16.8 Å². The van der Waals surface area contributed by atoms with Crippen molar-refractivity contribution in [2.24, 2.45) is 0 Å². The molecule has 2 N–H and O–H groups in total. The second-order valence-corrected chi connectivity index (χ2v) is 9.03. The lowest BCUT2D eigenvalue weighted by Crippen LogP contribution is -2.19. The first-order valence-electron chi connectivity index (χ1n) is 12.1. The molecule has 2 amide bonds. The normalized spacial score (nSPS) is 11.9. The van der Waals surface area contributed by atoms with E-state index in [-0.39, 0.29) is 18.4 Å². The molecule has 0 atom stereocenters. The molecule has 5 rings (SSSR count). The van der Waals surface area contributed by atoms with Crippen LogP contribution in [0.25, 0.3) is 11.1 Å². The van der Waals surface area contributed by atoms with Crippen LogP contribution in [0, 0.1) is 6.92 Å². The topological polar surface area (TPSA) is 67.4 Å². The van der Waals surface area contributed by atoms with Crippen LogP contribution in [0.1, 0.15) is 34.6 Å². The van der Waals surface area contributed by atoms with E-state index in [1.807, 2.05) is 79.7 Å². The van der Waals surface area contributed by atoms with Crippen LogP contribution in [0.5, 0.6) is 0 Å². The van der Waals surface area contributed by atoms with Gasteiger partial charge in [0.05, 0.1) is 0 Å². The van der Waals surface area contributed by atoms with Gasteiger partial charge in [-0.3, -0.25) is 10.1 Å². The fourth-order valence-corrected chi connectivity index (χ4v) is 4.76. The molecule has 1 aliphatic rings. The second kappa shape index (κ2) is 10.5. The smallest absolute Gasteiger partial charge is 0.411 e. The Hall–Kier alpha value is -4.38. The van der Waals surface area contributed by atoms with Crippen molar-refractivity contribution in [1.29, 1.82) is 0 Å². The van der Waals surface area contributed by atoms with Crippen molar-refractivity contribution in [2.45, 2.75) is 25.7 Å². The first-order chi connectivity index (χ1) is 17.6. The van der Waals surface area contributed by atoms with Gasteiger partial charge in [-0.05, 0) is 64.9 Å². The molecule has 0 spiro atoms. The average Bonchev–Trinajstić information content (AvgIpc) is 3.21. The molecular weight excluding hydrogens is 448 g/mol. The van der Waals surface area contributed by atoms with E-state index in [0.29, 0.717) is 18.5 Å². The van der Waals surface area contributed by atoms with Crippen molar-refractivity contribution in [1.82, 2.24) is 0 Å². The van der Waals surface area contributed by atoms with Gasteiger partial charge < -0.3 is 10.1 Å². The highest BCUT2D eigenvalue weighted by molar-refractivity contribution is 5.91. The van der Waals surface area contributed by atoms with E-state index in [9.17, 15) is 9.59 Å². The molecule has 1 aliphatic carbocycles. The van der Waals surface area contributed by atoms with E-state index >= 15 is 0 Å². The van der Waals surface area contributed by atoms with E-state index < -0.39 is 6.09 Å². The SMILES string of the molecule is Cc1ccc(CCC(=O)Nc2ccccc2)c(NC(=O)OCC2c3ccccc3-c3ccccc32)c1. The van der Waals surface area contributed by atoms with Crippen molar-refractivity contribution >= 4 is 23.4 Å². The molecule has 0 unspecified atom stereocenters. The molecule has 36 heavy (non-hydrogen) atoms. The summed E-state index contributed by atoms with van der Waals surface area (Å²) in [5.41, 5.74) is 8.06. The summed E-state index contributed by atoms with van der Waals surface area (Å²) in [5.74, 6) is -0.0734. The monoisotopic (exact) mass is 476 g/mol. The zero-order valence-corrected chi connectivity index (χ0v) is 20.2. The van der Waals surface area contributed by atoms with Crippen molar-refractivity contribution < 1.29 is 14.3 Å². The number of nitrogens with one attached hydrogen (secondary N) is 2. The van der Waals surface area contributed by atoms with Gasteiger partial charge in [0.1, 0.15) is 6.61 Å². The van der Waals surface area contributed by atoms with Gasteiger partial charge in [0.15, 0.2) is 0 Å². The molecule has 0 saturated carbocycles. The quantitative estimate of drug-likeness (QED) is 0.304. The van der Waals surface area contributed by atoms with Crippen LogP contribution in [0.2, 0.25) is 0 Å². The zero-order chi connectivity index (χ0) is 24.9. The Morgan fingerprint density at radius 2 is 1.42 bits per heavy atom. The summed E-state index contributed by atoms with van der Waals surface area (Å²) in [6, 6.07) is 31.7. The molecule has 0 radical (unpaired) electrons. The Morgan fingerprint density at radius 3 is 2.11 bits per heavy atom. The van der Waals surface area contributed by atoms with Gasteiger partial charge in [-0.1, -0.05) is 78.9 Å². The molecule has 4 aromatic carbocycles. The predicted molar refractivity (Wildman–Crippen MR) is 143 cm³/mol. The number of carbonyl (C=O) groups is 2. The van der Waals surface area contributed by atoms with E-state index in [1.54, 1.807) is 0 Å².